The number of nitrogens with one attached hydrogen (secondary N) is 1. The molecule has 3 aromatic rings. The second-order valence-electron chi connectivity index (χ2n) is 7.11. The van der Waals surface area contributed by atoms with Gasteiger partial charge in [-0.3, -0.25) is 9.69 Å². The van der Waals surface area contributed by atoms with Crippen LogP contribution >= 0.6 is 0 Å². The maximum atomic E-state index is 13.3. The third-order valence-electron chi connectivity index (χ3n) is 5.05. The van der Waals surface area contributed by atoms with Gasteiger partial charge in [0.25, 0.3) is 5.91 Å². The molecule has 1 fully saturated rings. The van der Waals surface area contributed by atoms with Gasteiger partial charge < -0.3 is 10.2 Å². The van der Waals surface area contributed by atoms with Gasteiger partial charge in [-0.15, -0.1) is 0 Å². The van der Waals surface area contributed by atoms with E-state index >= 15 is 0 Å². The summed E-state index contributed by atoms with van der Waals surface area (Å²) >= 11 is 0. The number of halogens is 1. The van der Waals surface area contributed by atoms with Crippen molar-refractivity contribution in [3.8, 4) is 0 Å². The van der Waals surface area contributed by atoms with Crippen LogP contribution in [0.15, 0.2) is 72.9 Å². The number of anilines is 2. The van der Waals surface area contributed by atoms with Crippen molar-refractivity contribution < 1.29 is 9.18 Å². The Morgan fingerprint density at radius 1 is 0.966 bits per heavy atom. The zero-order valence-corrected chi connectivity index (χ0v) is 16.1. The number of piperazine rings is 1. The van der Waals surface area contributed by atoms with E-state index in [1.165, 1.54) is 17.7 Å². The van der Waals surface area contributed by atoms with Crippen molar-refractivity contribution in [3.05, 3.63) is 90.0 Å². The minimum absolute atomic E-state index is 0.306. The van der Waals surface area contributed by atoms with Crippen molar-refractivity contribution >= 4 is 17.3 Å². The lowest BCUT2D eigenvalue weighted by Gasteiger charge is -2.36. The molecule has 1 saturated heterocycles. The van der Waals surface area contributed by atoms with Gasteiger partial charge in [-0.1, -0.05) is 36.4 Å². The molecule has 0 saturated carbocycles. The Morgan fingerprint density at radius 2 is 1.76 bits per heavy atom. The highest BCUT2D eigenvalue weighted by molar-refractivity contribution is 6.02. The summed E-state index contributed by atoms with van der Waals surface area (Å²) in [6.07, 6.45) is 1.73. The molecule has 0 radical (unpaired) electrons. The number of nitrogens with zero attached hydrogens (tertiary/aromatic N) is 3. The number of rotatable bonds is 5. The summed E-state index contributed by atoms with van der Waals surface area (Å²) in [4.78, 5) is 21.3. The fourth-order valence-electron chi connectivity index (χ4n) is 3.47. The Labute approximate surface area is 169 Å². The molecule has 1 N–H and O–H groups in total. The van der Waals surface area contributed by atoms with Gasteiger partial charge in [0.1, 0.15) is 11.5 Å². The van der Waals surface area contributed by atoms with Crippen molar-refractivity contribution in [3.63, 3.8) is 0 Å². The molecule has 29 heavy (non-hydrogen) atoms. The topological polar surface area (TPSA) is 48.5 Å². The first kappa shape index (κ1) is 19.1. The van der Waals surface area contributed by atoms with Gasteiger partial charge in [0.15, 0.2) is 0 Å². The highest BCUT2D eigenvalue weighted by Crippen LogP contribution is 2.18. The number of hydrogen-bond donors (Lipinski definition) is 1. The van der Waals surface area contributed by atoms with E-state index < -0.39 is 5.82 Å². The molecule has 0 aliphatic carbocycles. The Bertz CT molecular complexity index is 954. The van der Waals surface area contributed by atoms with E-state index in [1.54, 1.807) is 24.4 Å². The van der Waals surface area contributed by atoms with Crippen LogP contribution in [-0.2, 0) is 6.54 Å². The molecule has 1 aromatic heterocycles. The maximum absolute atomic E-state index is 13.3. The number of benzene rings is 2. The minimum Gasteiger partial charge on any atom is -0.368 e. The van der Waals surface area contributed by atoms with Crippen molar-refractivity contribution in [1.82, 2.24) is 9.88 Å². The summed E-state index contributed by atoms with van der Waals surface area (Å²) in [6, 6.07) is 19.9. The SMILES string of the molecule is O=C(Nc1cccc(F)c1)c1ccc(N2CCN(Cc3ccccc3)CC2)cn1. The summed E-state index contributed by atoms with van der Waals surface area (Å²) in [5.74, 6) is -0.743. The fraction of sp³-hybridized carbons (Fsp3) is 0.217. The molecule has 148 valence electrons. The molecule has 1 aliphatic rings. The Kier molecular flexibility index (Phi) is 5.81. The monoisotopic (exact) mass is 390 g/mol. The van der Waals surface area contributed by atoms with E-state index in [0.29, 0.717) is 11.4 Å². The molecule has 0 spiro atoms. The summed E-state index contributed by atoms with van der Waals surface area (Å²) in [7, 11) is 0. The molecule has 2 heterocycles. The normalized spacial score (nSPS) is 14.6. The molecule has 0 atom stereocenters. The lowest BCUT2D eigenvalue weighted by Crippen LogP contribution is -2.46. The molecule has 2 aromatic carbocycles. The first-order valence-corrected chi connectivity index (χ1v) is 9.71. The van der Waals surface area contributed by atoms with E-state index in [4.69, 9.17) is 0 Å². The smallest absolute Gasteiger partial charge is 0.274 e. The van der Waals surface area contributed by atoms with Crippen LogP contribution in [0.4, 0.5) is 15.8 Å². The van der Waals surface area contributed by atoms with E-state index in [2.05, 4.69) is 44.4 Å². The molecule has 0 unspecified atom stereocenters. The van der Waals surface area contributed by atoms with Crippen LogP contribution in [0.5, 0.6) is 0 Å². The molecule has 6 heteroatoms. The number of amides is 1. The Hall–Kier alpha value is -3.25. The second-order valence-corrected chi connectivity index (χ2v) is 7.11. The van der Waals surface area contributed by atoms with Crippen LogP contribution in [-0.4, -0.2) is 42.0 Å². The number of aromatic nitrogens is 1. The van der Waals surface area contributed by atoms with Crippen molar-refractivity contribution in [2.45, 2.75) is 6.54 Å². The average Bonchev–Trinajstić information content (AvgIpc) is 2.75. The molecule has 4 rings (SSSR count). The average molecular weight is 390 g/mol. The molecular weight excluding hydrogens is 367 g/mol. The van der Waals surface area contributed by atoms with Crippen LogP contribution < -0.4 is 10.2 Å². The first-order valence-electron chi connectivity index (χ1n) is 9.71. The van der Waals surface area contributed by atoms with Gasteiger partial charge in [-0.25, -0.2) is 9.37 Å². The van der Waals surface area contributed by atoms with E-state index in [-0.39, 0.29) is 5.91 Å². The predicted molar refractivity (Wildman–Crippen MR) is 113 cm³/mol. The molecular formula is C23H23FN4O. The highest BCUT2D eigenvalue weighted by atomic mass is 19.1. The van der Waals surface area contributed by atoms with Gasteiger partial charge in [0, 0.05) is 38.4 Å². The van der Waals surface area contributed by atoms with Crippen LogP contribution in [0, 0.1) is 5.82 Å². The van der Waals surface area contributed by atoms with Crippen molar-refractivity contribution in [1.29, 1.82) is 0 Å². The van der Waals surface area contributed by atoms with E-state index in [1.807, 2.05) is 12.1 Å². The quantitative estimate of drug-likeness (QED) is 0.720. The van der Waals surface area contributed by atoms with E-state index in [9.17, 15) is 9.18 Å². The fourth-order valence-corrected chi connectivity index (χ4v) is 3.47. The van der Waals surface area contributed by atoms with Gasteiger partial charge in [0.05, 0.1) is 11.9 Å². The maximum Gasteiger partial charge on any atom is 0.274 e. The summed E-state index contributed by atoms with van der Waals surface area (Å²) in [6.45, 7) is 4.77. The zero-order valence-electron chi connectivity index (χ0n) is 16.1. The number of carbonyl (C=O) groups excluding carboxylic acids is 1. The van der Waals surface area contributed by atoms with Gasteiger partial charge in [-0.2, -0.15) is 0 Å². The Balaban J connectivity index is 1.32. The van der Waals surface area contributed by atoms with Gasteiger partial charge in [-0.05, 0) is 35.9 Å². The third-order valence-corrected chi connectivity index (χ3v) is 5.05. The van der Waals surface area contributed by atoms with Crippen molar-refractivity contribution in [2.75, 3.05) is 36.4 Å². The standard InChI is InChI=1S/C23H23FN4O/c24-19-7-4-8-20(15-19)26-23(29)22-10-9-21(16-25-22)28-13-11-27(12-14-28)17-18-5-2-1-3-6-18/h1-10,15-16H,11-14,17H2,(H,26,29). The van der Waals surface area contributed by atoms with Gasteiger partial charge in [0.2, 0.25) is 0 Å². The zero-order chi connectivity index (χ0) is 20.1. The van der Waals surface area contributed by atoms with Crippen LogP contribution in [0.3, 0.4) is 0 Å². The minimum atomic E-state index is -0.391. The lowest BCUT2D eigenvalue weighted by atomic mass is 10.2. The first-order chi connectivity index (χ1) is 14.2. The second kappa shape index (κ2) is 8.84. The lowest BCUT2D eigenvalue weighted by molar-refractivity contribution is 0.102. The summed E-state index contributed by atoms with van der Waals surface area (Å²) in [5.41, 5.74) is 3.05. The molecule has 1 amide bonds. The summed E-state index contributed by atoms with van der Waals surface area (Å²) in [5, 5.41) is 2.67. The molecule has 0 bridgehead atoms. The Morgan fingerprint density at radius 3 is 2.45 bits per heavy atom. The summed E-state index contributed by atoms with van der Waals surface area (Å²) < 4.78 is 13.3. The molecule has 1 aliphatic heterocycles. The number of hydrogen-bond acceptors (Lipinski definition) is 4. The van der Waals surface area contributed by atoms with Crippen LogP contribution in [0.1, 0.15) is 16.1 Å². The van der Waals surface area contributed by atoms with Crippen molar-refractivity contribution in [2.24, 2.45) is 0 Å². The van der Waals surface area contributed by atoms with Gasteiger partial charge >= 0.3 is 0 Å². The van der Waals surface area contributed by atoms with Crippen LogP contribution in [0.2, 0.25) is 0 Å². The molecule has 5 nitrogen and oxygen atoms in total. The highest BCUT2D eigenvalue weighted by Gasteiger charge is 2.18. The van der Waals surface area contributed by atoms with E-state index in [0.717, 1.165) is 38.4 Å². The number of pyridine rings is 1. The van der Waals surface area contributed by atoms with Crippen LogP contribution in [0.25, 0.3) is 0 Å². The predicted octanol–water partition coefficient (Wildman–Crippen LogP) is 3.80. The third kappa shape index (κ3) is 4.97. The largest absolute Gasteiger partial charge is 0.368 e. The number of carbonyl (C=O) groups is 1.